The summed E-state index contributed by atoms with van der Waals surface area (Å²) in [6.07, 6.45) is 0. The zero-order valence-electron chi connectivity index (χ0n) is 10.4. The van der Waals surface area contributed by atoms with Crippen molar-refractivity contribution in [1.82, 2.24) is 4.98 Å². The molecule has 0 spiro atoms. The monoisotopic (exact) mass is 273 g/mol. The van der Waals surface area contributed by atoms with Gasteiger partial charge in [-0.3, -0.25) is 4.79 Å². The molecule has 0 radical (unpaired) electrons. The van der Waals surface area contributed by atoms with E-state index in [-0.39, 0.29) is 12.5 Å². The lowest BCUT2D eigenvalue weighted by Gasteiger charge is -2.30. The van der Waals surface area contributed by atoms with E-state index in [1.54, 1.807) is 12.1 Å². The van der Waals surface area contributed by atoms with Crippen LogP contribution in [0.3, 0.4) is 0 Å². The van der Waals surface area contributed by atoms with E-state index in [2.05, 4.69) is 10.3 Å². The van der Waals surface area contributed by atoms with Crippen LogP contribution in [0.25, 0.3) is 0 Å². The molecule has 0 aliphatic carbocycles. The molecular formula is C14H12ClN3O. The minimum Gasteiger partial charge on any atom is -0.321 e. The maximum atomic E-state index is 11.8. The van der Waals surface area contributed by atoms with Gasteiger partial charge in [0.2, 0.25) is 5.91 Å². The van der Waals surface area contributed by atoms with E-state index in [0.717, 1.165) is 22.9 Å². The molecule has 1 aromatic heterocycles. The van der Waals surface area contributed by atoms with Crippen LogP contribution in [-0.4, -0.2) is 17.4 Å². The number of pyridine rings is 1. The van der Waals surface area contributed by atoms with Crippen LogP contribution in [0.15, 0.2) is 36.4 Å². The Labute approximate surface area is 116 Å². The van der Waals surface area contributed by atoms with Gasteiger partial charge in [-0.05, 0) is 43.3 Å². The minimum atomic E-state index is -0.0481. The maximum absolute atomic E-state index is 11.8. The van der Waals surface area contributed by atoms with Crippen molar-refractivity contribution in [3.63, 3.8) is 0 Å². The Balaban J connectivity index is 2.09. The number of benzene rings is 1. The lowest BCUT2D eigenvalue weighted by atomic mass is 10.2. The van der Waals surface area contributed by atoms with Crippen LogP contribution in [0.2, 0.25) is 5.02 Å². The van der Waals surface area contributed by atoms with E-state index in [4.69, 9.17) is 11.6 Å². The van der Waals surface area contributed by atoms with Gasteiger partial charge in [0.25, 0.3) is 0 Å². The number of anilines is 3. The number of carbonyl (C=O) groups excluding carboxylic acids is 1. The summed E-state index contributed by atoms with van der Waals surface area (Å²) in [5.41, 5.74) is 2.55. The number of fused-ring (bicyclic) bond motifs is 1. The third-order valence-electron chi connectivity index (χ3n) is 2.98. The number of hydrogen-bond donors (Lipinski definition) is 1. The van der Waals surface area contributed by atoms with Gasteiger partial charge in [0.15, 0.2) is 5.82 Å². The molecule has 0 bridgehead atoms. The van der Waals surface area contributed by atoms with Gasteiger partial charge in [0.05, 0.1) is 5.69 Å². The smallest absolute Gasteiger partial charge is 0.244 e. The highest BCUT2D eigenvalue weighted by Crippen LogP contribution is 2.33. The molecule has 3 rings (SSSR count). The van der Waals surface area contributed by atoms with Crippen LogP contribution in [0, 0.1) is 6.92 Å². The van der Waals surface area contributed by atoms with Crippen molar-refractivity contribution in [2.45, 2.75) is 6.92 Å². The van der Waals surface area contributed by atoms with E-state index in [9.17, 15) is 4.79 Å². The van der Waals surface area contributed by atoms with Crippen molar-refractivity contribution in [3.8, 4) is 0 Å². The lowest BCUT2D eigenvalue weighted by Crippen LogP contribution is -2.35. The molecular weight excluding hydrogens is 262 g/mol. The Morgan fingerprint density at radius 2 is 1.95 bits per heavy atom. The SMILES string of the molecule is Cc1ccc2c(n1)N(c1ccc(Cl)cc1)CC(=O)N2. The fraction of sp³-hybridized carbons (Fsp3) is 0.143. The first-order valence-electron chi connectivity index (χ1n) is 5.94. The highest BCUT2D eigenvalue weighted by Gasteiger charge is 2.24. The Morgan fingerprint density at radius 3 is 2.68 bits per heavy atom. The summed E-state index contributed by atoms with van der Waals surface area (Å²) in [6, 6.07) is 11.1. The number of nitrogens with zero attached hydrogens (tertiary/aromatic N) is 2. The molecule has 1 aliphatic rings. The van der Waals surface area contributed by atoms with Crippen LogP contribution in [0.4, 0.5) is 17.2 Å². The second-order valence-corrected chi connectivity index (χ2v) is 4.87. The Morgan fingerprint density at radius 1 is 1.21 bits per heavy atom. The largest absolute Gasteiger partial charge is 0.321 e. The predicted molar refractivity (Wildman–Crippen MR) is 76.1 cm³/mol. The second-order valence-electron chi connectivity index (χ2n) is 4.43. The molecule has 0 unspecified atom stereocenters. The summed E-state index contributed by atoms with van der Waals surface area (Å²) in [7, 11) is 0. The van der Waals surface area contributed by atoms with Gasteiger partial charge in [-0.2, -0.15) is 0 Å². The van der Waals surface area contributed by atoms with Crippen molar-refractivity contribution in [1.29, 1.82) is 0 Å². The fourth-order valence-electron chi connectivity index (χ4n) is 2.09. The van der Waals surface area contributed by atoms with Crippen molar-refractivity contribution in [2.75, 3.05) is 16.8 Å². The summed E-state index contributed by atoms with van der Waals surface area (Å²) in [5, 5.41) is 3.50. The normalized spacial score (nSPS) is 14.0. The van der Waals surface area contributed by atoms with E-state index >= 15 is 0 Å². The predicted octanol–water partition coefficient (Wildman–Crippen LogP) is 3.13. The van der Waals surface area contributed by atoms with Crippen molar-refractivity contribution >= 4 is 34.7 Å². The number of amides is 1. The first-order chi connectivity index (χ1) is 9.13. The van der Waals surface area contributed by atoms with Crippen LogP contribution in [-0.2, 0) is 4.79 Å². The number of aryl methyl sites for hydroxylation is 1. The zero-order valence-corrected chi connectivity index (χ0v) is 11.1. The highest BCUT2D eigenvalue weighted by molar-refractivity contribution is 6.30. The molecule has 1 aromatic carbocycles. The number of nitrogens with one attached hydrogen (secondary N) is 1. The van der Waals surface area contributed by atoms with Crippen molar-refractivity contribution < 1.29 is 4.79 Å². The van der Waals surface area contributed by atoms with E-state index in [1.165, 1.54) is 0 Å². The van der Waals surface area contributed by atoms with Crippen LogP contribution in [0.1, 0.15) is 5.69 Å². The summed E-state index contributed by atoms with van der Waals surface area (Å²) < 4.78 is 0. The molecule has 0 saturated heterocycles. The number of halogens is 1. The van der Waals surface area contributed by atoms with Gasteiger partial charge < -0.3 is 10.2 Å². The summed E-state index contributed by atoms with van der Waals surface area (Å²) in [4.78, 5) is 18.1. The lowest BCUT2D eigenvalue weighted by molar-refractivity contribution is -0.115. The van der Waals surface area contributed by atoms with Crippen molar-refractivity contribution in [2.24, 2.45) is 0 Å². The number of hydrogen-bond acceptors (Lipinski definition) is 3. The molecule has 4 nitrogen and oxygen atoms in total. The van der Waals surface area contributed by atoms with Crippen LogP contribution >= 0.6 is 11.6 Å². The highest BCUT2D eigenvalue weighted by atomic mass is 35.5. The Hall–Kier alpha value is -2.07. The molecule has 0 fully saturated rings. The van der Waals surface area contributed by atoms with Gasteiger partial charge in [-0.1, -0.05) is 11.6 Å². The Bertz CT molecular complexity index is 640. The van der Waals surface area contributed by atoms with Gasteiger partial charge in [0.1, 0.15) is 6.54 Å². The molecule has 2 aromatic rings. The fourth-order valence-corrected chi connectivity index (χ4v) is 2.22. The number of rotatable bonds is 1. The second kappa shape index (κ2) is 4.55. The molecule has 5 heteroatoms. The standard InChI is InChI=1S/C14H12ClN3O/c1-9-2-7-12-14(16-9)18(8-13(19)17-12)11-5-3-10(15)4-6-11/h2-7H,8H2,1H3,(H,17,19). The van der Waals surface area contributed by atoms with Crippen LogP contribution in [0.5, 0.6) is 0 Å². The van der Waals surface area contributed by atoms with Gasteiger partial charge in [0, 0.05) is 16.4 Å². The van der Waals surface area contributed by atoms with Crippen molar-refractivity contribution in [3.05, 3.63) is 47.1 Å². The number of carbonyl (C=O) groups is 1. The third-order valence-corrected chi connectivity index (χ3v) is 3.24. The third kappa shape index (κ3) is 2.27. The Kier molecular flexibility index (Phi) is 2.87. The maximum Gasteiger partial charge on any atom is 0.244 e. The minimum absolute atomic E-state index is 0.0481. The first kappa shape index (κ1) is 12.0. The van der Waals surface area contributed by atoms with E-state index < -0.39 is 0 Å². The molecule has 2 heterocycles. The molecule has 19 heavy (non-hydrogen) atoms. The number of aromatic nitrogens is 1. The van der Waals surface area contributed by atoms with Gasteiger partial charge in [-0.25, -0.2) is 4.98 Å². The van der Waals surface area contributed by atoms with Gasteiger partial charge >= 0.3 is 0 Å². The topological polar surface area (TPSA) is 45.2 Å². The molecule has 0 atom stereocenters. The molecule has 1 N–H and O–H groups in total. The quantitative estimate of drug-likeness (QED) is 0.868. The first-order valence-corrected chi connectivity index (χ1v) is 6.32. The summed E-state index contributed by atoms with van der Waals surface area (Å²) in [6.45, 7) is 2.18. The molecule has 0 saturated carbocycles. The van der Waals surface area contributed by atoms with E-state index in [0.29, 0.717) is 5.02 Å². The van der Waals surface area contributed by atoms with Crippen LogP contribution < -0.4 is 10.2 Å². The molecule has 1 amide bonds. The van der Waals surface area contributed by atoms with E-state index in [1.807, 2.05) is 36.1 Å². The molecule has 96 valence electrons. The van der Waals surface area contributed by atoms with Gasteiger partial charge in [-0.15, -0.1) is 0 Å². The summed E-state index contributed by atoms with van der Waals surface area (Å²) >= 11 is 5.89. The molecule has 1 aliphatic heterocycles. The summed E-state index contributed by atoms with van der Waals surface area (Å²) in [5.74, 6) is 0.718. The average molecular weight is 274 g/mol. The zero-order chi connectivity index (χ0) is 13.4. The average Bonchev–Trinajstić information content (AvgIpc) is 2.39.